The van der Waals surface area contributed by atoms with E-state index in [4.69, 9.17) is 9.47 Å². The van der Waals surface area contributed by atoms with E-state index in [1.54, 1.807) is 13.8 Å². The quantitative estimate of drug-likeness (QED) is 0.405. The summed E-state index contributed by atoms with van der Waals surface area (Å²) >= 11 is 0. The predicted octanol–water partition coefficient (Wildman–Crippen LogP) is 3.76. The van der Waals surface area contributed by atoms with Crippen molar-refractivity contribution < 1.29 is 19.1 Å². The van der Waals surface area contributed by atoms with Crippen LogP contribution in [0.3, 0.4) is 0 Å². The first-order chi connectivity index (χ1) is 10.6. The lowest BCUT2D eigenvalue weighted by molar-refractivity contribution is -0.153. The average molecular weight is 311 g/mol. The number of nitriles is 1. The van der Waals surface area contributed by atoms with Crippen LogP contribution >= 0.6 is 0 Å². The van der Waals surface area contributed by atoms with Gasteiger partial charge in [0, 0.05) is 6.42 Å². The Morgan fingerprint density at radius 3 is 2.14 bits per heavy atom. The first-order valence-corrected chi connectivity index (χ1v) is 8.30. The second-order valence-corrected chi connectivity index (χ2v) is 5.38. The molecule has 0 N–H and O–H groups in total. The third-order valence-corrected chi connectivity index (χ3v) is 3.65. The summed E-state index contributed by atoms with van der Waals surface area (Å²) < 4.78 is 9.93. The molecule has 0 aliphatic heterocycles. The van der Waals surface area contributed by atoms with Gasteiger partial charge in [0.15, 0.2) is 5.41 Å². The summed E-state index contributed by atoms with van der Waals surface area (Å²) in [6.45, 7) is 6.12. The predicted molar refractivity (Wildman–Crippen MR) is 83.9 cm³/mol. The summed E-state index contributed by atoms with van der Waals surface area (Å²) in [5, 5.41) is 9.52. The SMILES string of the molecule is CCCCCCCC(C#N)(CCC(=O)OCC)C(=O)OCC. The maximum absolute atomic E-state index is 12.2. The van der Waals surface area contributed by atoms with Gasteiger partial charge < -0.3 is 9.47 Å². The van der Waals surface area contributed by atoms with Crippen LogP contribution in [0.2, 0.25) is 0 Å². The van der Waals surface area contributed by atoms with Gasteiger partial charge in [-0.15, -0.1) is 0 Å². The van der Waals surface area contributed by atoms with Gasteiger partial charge in [-0.3, -0.25) is 9.59 Å². The molecule has 0 aromatic rings. The largest absolute Gasteiger partial charge is 0.466 e. The molecule has 0 heterocycles. The van der Waals surface area contributed by atoms with Gasteiger partial charge in [-0.2, -0.15) is 5.26 Å². The van der Waals surface area contributed by atoms with Crippen LogP contribution in [-0.2, 0) is 19.1 Å². The zero-order valence-electron chi connectivity index (χ0n) is 14.2. The Bertz CT molecular complexity index is 375. The van der Waals surface area contributed by atoms with Crippen LogP contribution in [0, 0.1) is 16.7 Å². The van der Waals surface area contributed by atoms with Gasteiger partial charge >= 0.3 is 11.9 Å². The monoisotopic (exact) mass is 311 g/mol. The fraction of sp³-hybridized carbons (Fsp3) is 0.824. The zero-order chi connectivity index (χ0) is 16.8. The molecular formula is C17H29NO4. The van der Waals surface area contributed by atoms with Crippen molar-refractivity contribution in [1.82, 2.24) is 0 Å². The normalized spacial score (nSPS) is 13.0. The molecule has 0 rings (SSSR count). The minimum absolute atomic E-state index is 0.0647. The van der Waals surface area contributed by atoms with E-state index in [2.05, 4.69) is 13.0 Å². The number of carbonyl (C=O) groups excluding carboxylic acids is 2. The molecule has 0 radical (unpaired) electrons. The molecule has 22 heavy (non-hydrogen) atoms. The molecule has 0 fully saturated rings. The molecule has 0 aliphatic rings. The standard InChI is InChI=1S/C17H29NO4/c1-4-7-8-9-10-12-17(14-18,16(20)22-6-3)13-11-15(19)21-5-2/h4-13H2,1-3H3. The number of esters is 2. The highest BCUT2D eigenvalue weighted by atomic mass is 16.5. The van der Waals surface area contributed by atoms with Crippen LogP contribution in [0.5, 0.6) is 0 Å². The van der Waals surface area contributed by atoms with Crippen LogP contribution in [0.15, 0.2) is 0 Å². The Kier molecular flexibility index (Phi) is 11.2. The number of hydrogen-bond donors (Lipinski definition) is 0. The molecule has 126 valence electrons. The van der Waals surface area contributed by atoms with Crippen LogP contribution in [0.25, 0.3) is 0 Å². The van der Waals surface area contributed by atoms with E-state index in [0.717, 1.165) is 32.1 Å². The van der Waals surface area contributed by atoms with Gasteiger partial charge in [-0.1, -0.05) is 39.0 Å². The summed E-state index contributed by atoms with van der Waals surface area (Å²) in [6.07, 6.45) is 5.82. The summed E-state index contributed by atoms with van der Waals surface area (Å²) in [7, 11) is 0. The van der Waals surface area contributed by atoms with E-state index in [0.29, 0.717) is 13.0 Å². The van der Waals surface area contributed by atoms with E-state index in [9.17, 15) is 14.9 Å². The molecule has 0 bridgehead atoms. The van der Waals surface area contributed by atoms with E-state index in [-0.39, 0.29) is 25.4 Å². The third-order valence-electron chi connectivity index (χ3n) is 3.65. The minimum atomic E-state index is -1.23. The second kappa shape index (κ2) is 12.0. The highest BCUT2D eigenvalue weighted by molar-refractivity contribution is 5.81. The van der Waals surface area contributed by atoms with E-state index in [1.165, 1.54) is 0 Å². The lowest BCUT2D eigenvalue weighted by Crippen LogP contribution is -2.32. The number of hydrogen-bond acceptors (Lipinski definition) is 5. The van der Waals surface area contributed by atoms with Gasteiger partial charge in [0.05, 0.1) is 19.3 Å². The topological polar surface area (TPSA) is 76.4 Å². The molecule has 5 heteroatoms. The molecule has 0 aromatic carbocycles. The van der Waals surface area contributed by atoms with Crippen LogP contribution < -0.4 is 0 Å². The van der Waals surface area contributed by atoms with Crippen LogP contribution in [0.4, 0.5) is 0 Å². The van der Waals surface area contributed by atoms with Gasteiger partial charge in [-0.25, -0.2) is 0 Å². The highest BCUT2D eigenvalue weighted by Crippen LogP contribution is 2.32. The Labute approximate surface area is 134 Å². The Hall–Kier alpha value is -1.57. The van der Waals surface area contributed by atoms with Crippen molar-refractivity contribution in [2.75, 3.05) is 13.2 Å². The van der Waals surface area contributed by atoms with E-state index in [1.807, 2.05) is 0 Å². The number of unbranched alkanes of at least 4 members (excludes halogenated alkanes) is 4. The Morgan fingerprint density at radius 1 is 0.955 bits per heavy atom. The van der Waals surface area contributed by atoms with Crippen molar-refractivity contribution in [3.63, 3.8) is 0 Å². The molecule has 5 nitrogen and oxygen atoms in total. The first kappa shape index (κ1) is 20.4. The third kappa shape index (κ3) is 7.44. The smallest absolute Gasteiger partial charge is 0.326 e. The molecular weight excluding hydrogens is 282 g/mol. The van der Waals surface area contributed by atoms with Gasteiger partial charge in [0.1, 0.15) is 0 Å². The minimum Gasteiger partial charge on any atom is -0.466 e. The van der Waals surface area contributed by atoms with Gasteiger partial charge in [0.25, 0.3) is 0 Å². The summed E-state index contributed by atoms with van der Waals surface area (Å²) in [5.74, 6) is -0.894. The van der Waals surface area contributed by atoms with E-state index >= 15 is 0 Å². The van der Waals surface area contributed by atoms with Crippen LogP contribution in [0.1, 0.15) is 72.1 Å². The molecule has 0 saturated heterocycles. The number of nitrogens with zero attached hydrogens (tertiary/aromatic N) is 1. The molecule has 1 atom stereocenters. The Morgan fingerprint density at radius 2 is 1.59 bits per heavy atom. The van der Waals surface area contributed by atoms with Crippen molar-refractivity contribution in [2.24, 2.45) is 5.41 Å². The molecule has 0 saturated carbocycles. The van der Waals surface area contributed by atoms with Crippen molar-refractivity contribution in [2.45, 2.75) is 72.1 Å². The fourth-order valence-corrected chi connectivity index (χ4v) is 2.33. The van der Waals surface area contributed by atoms with E-state index < -0.39 is 11.4 Å². The maximum atomic E-state index is 12.2. The molecule has 1 unspecified atom stereocenters. The summed E-state index contributed by atoms with van der Waals surface area (Å²) in [6, 6.07) is 2.11. The first-order valence-electron chi connectivity index (χ1n) is 8.30. The zero-order valence-corrected chi connectivity index (χ0v) is 14.2. The lowest BCUT2D eigenvalue weighted by Gasteiger charge is -2.24. The summed E-state index contributed by atoms with van der Waals surface area (Å²) in [4.78, 5) is 23.7. The maximum Gasteiger partial charge on any atom is 0.326 e. The van der Waals surface area contributed by atoms with Crippen molar-refractivity contribution in [1.29, 1.82) is 5.26 Å². The molecule has 0 aromatic heterocycles. The average Bonchev–Trinajstić information content (AvgIpc) is 2.51. The summed E-state index contributed by atoms with van der Waals surface area (Å²) in [5.41, 5.74) is -1.23. The highest BCUT2D eigenvalue weighted by Gasteiger charge is 2.40. The Balaban J connectivity index is 4.69. The number of ether oxygens (including phenoxy) is 2. The molecule has 0 aliphatic carbocycles. The number of rotatable bonds is 12. The van der Waals surface area contributed by atoms with Crippen molar-refractivity contribution >= 4 is 11.9 Å². The molecule has 0 amide bonds. The number of carbonyl (C=O) groups is 2. The van der Waals surface area contributed by atoms with Crippen LogP contribution in [-0.4, -0.2) is 25.2 Å². The lowest BCUT2D eigenvalue weighted by atomic mass is 9.79. The fourth-order valence-electron chi connectivity index (χ4n) is 2.33. The van der Waals surface area contributed by atoms with Gasteiger partial charge in [0.2, 0.25) is 0 Å². The molecule has 0 spiro atoms. The second-order valence-electron chi connectivity index (χ2n) is 5.38. The van der Waals surface area contributed by atoms with Gasteiger partial charge in [-0.05, 0) is 26.7 Å². The van der Waals surface area contributed by atoms with Crippen molar-refractivity contribution in [3.05, 3.63) is 0 Å². The van der Waals surface area contributed by atoms with Crippen molar-refractivity contribution in [3.8, 4) is 6.07 Å².